The summed E-state index contributed by atoms with van der Waals surface area (Å²) in [4.78, 5) is 0. The van der Waals surface area contributed by atoms with Crippen LogP contribution in [0.2, 0.25) is 10.0 Å². The lowest BCUT2D eigenvalue weighted by atomic mass is 10.1. The maximum Gasteiger partial charge on any atom is 0.436 e. The smallest absolute Gasteiger partial charge is 0.231 e. The Balaban J connectivity index is 2.15. The first kappa shape index (κ1) is 20.7. The SMILES string of the molecule is NS(=O)(=O)Cc1ccc(-n2nc(C(F)(F)F)c(Cl)c2-c2ccc(Cl)cc2)cc1. The van der Waals surface area contributed by atoms with Crippen molar-refractivity contribution in [2.75, 3.05) is 0 Å². The Labute approximate surface area is 168 Å². The molecule has 0 radical (unpaired) electrons. The Kier molecular flexibility index (Phi) is 5.46. The molecule has 0 bridgehead atoms. The fraction of sp³-hybridized carbons (Fsp3) is 0.118. The van der Waals surface area contributed by atoms with Crippen LogP contribution >= 0.6 is 23.2 Å². The van der Waals surface area contributed by atoms with Crippen LogP contribution in [0.1, 0.15) is 11.3 Å². The minimum absolute atomic E-state index is 0.0323. The Bertz CT molecular complexity index is 1110. The highest BCUT2D eigenvalue weighted by atomic mass is 35.5. The van der Waals surface area contributed by atoms with Gasteiger partial charge < -0.3 is 0 Å². The monoisotopic (exact) mass is 449 g/mol. The molecule has 0 fully saturated rings. The van der Waals surface area contributed by atoms with E-state index in [0.29, 0.717) is 16.1 Å². The van der Waals surface area contributed by atoms with Crippen molar-refractivity contribution >= 4 is 33.2 Å². The number of aromatic nitrogens is 2. The summed E-state index contributed by atoms with van der Waals surface area (Å²) in [7, 11) is -3.74. The number of benzene rings is 2. The Morgan fingerprint density at radius 2 is 1.57 bits per heavy atom. The molecule has 11 heteroatoms. The van der Waals surface area contributed by atoms with Crippen LogP contribution in [-0.2, 0) is 22.0 Å². The van der Waals surface area contributed by atoms with Crippen LogP contribution in [0, 0.1) is 0 Å². The molecule has 2 N–H and O–H groups in total. The molecule has 0 aliphatic rings. The van der Waals surface area contributed by atoms with Gasteiger partial charge in [-0.3, -0.25) is 0 Å². The fourth-order valence-corrected chi connectivity index (χ4v) is 3.71. The third kappa shape index (κ3) is 4.49. The maximum absolute atomic E-state index is 13.3. The Morgan fingerprint density at radius 1 is 1.00 bits per heavy atom. The van der Waals surface area contributed by atoms with Crippen molar-refractivity contribution in [2.24, 2.45) is 5.14 Å². The van der Waals surface area contributed by atoms with Crippen LogP contribution in [0.5, 0.6) is 0 Å². The predicted molar refractivity (Wildman–Crippen MR) is 101 cm³/mol. The number of rotatable bonds is 4. The third-order valence-corrected chi connectivity index (χ3v) is 5.11. The number of nitrogens with two attached hydrogens (primary N) is 1. The molecule has 0 saturated carbocycles. The van der Waals surface area contributed by atoms with Gasteiger partial charge in [0.1, 0.15) is 0 Å². The molecule has 3 aromatic rings. The first-order valence-electron chi connectivity index (χ1n) is 7.67. The van der Waals surface area contributed by atoms with Crippen molar-refractivity contribution in [3.05, 3.63) is 69.8 Å². The van der Waals surface area contributed by atoms with Gasteiger partial charge in [-0.15, -0.1) is 0 Å². The number of sulfonamides is 1. The van der Waals surface area contributed by atoms with Crippen molar-refractivity contribution in [1.82, 2.24) is 9.78 Å². The summed E-state index contributed by atoms with van der Waals surface area (Å²) in [5.41, 5.74) is -0.169. The largest absolute Gasteiger partial charge is 0.436 e. The molecule has 0 spiro atoms. The standard InChI is InChI=1S/C17H12Cl2F3N3O2S/c18-12-5-3-11(4-6-12)15-14(19)16(17(20,21)22)24-25(15)13-7-1-10(2-8-13)9-28(23,26)27/h1-8H,9H2,(H2,23,26,27). The fourth-order valence-electron chi connectivity index (χ4n) is 2.59. The lowest BCUT2D eigenvalue weighted by Crippen LogP contribution is -2.14. The summed E-state index contributed by atoms with van der Waals surface area (Å²) in [5.74, 6) is -0.398. The number of hydrogen-bond acceptors (Lipinski definition) is 3. The number of nitrogens with zero attached hydrogens (tertiary/aromatic N) is 2. The molecule has 0 atom stereocenters. The zero-order chi connectivity index (χ0) is 20.7. The van der Waals surface area contributed by atoms with E-state index in [9.17, 15) is 21.6 Å². The molecule has 1 aromatic heterocycles. The summed E-state index contributed by atoms with van der Waals surface area (Å²) in [6.45, 7) is 0. The minimum Gasteiger partial charge on any atom is -0.231 e. The zero-order valence-electron chi connectivity index (χ0n) is 13.9. The molecule has 0 unspecified atom stereocenters. The molecule has 2 aromatic carbocycles. The van der Waals surface area contributed by atoms with Crippen LogP contribution in [-0.4, -0.2) is 18.2 Å². The third-order valence-electron chi connectivity index (χ3n) is 3.76. The molecular formula is C17H12Cl2F3N3O2S. The molecule has 148 valence electrons. The topological polar surface area (TPSA) is 78.0 Å². The number of hydrogen-bond donors (Lipinski definition) is 1. The van der Waals surface area contributed by atoms with E-state index in [-0.39, 0.29) is 11.4 Å². The lowest BCUT2D eigenvalue weighted by molar-refractivity contribution is -0.141. The van der Waals surface area contributed by atoms with Crippen LogP contribution < -0.4 is 5.14 Å². The number of primary sulfonamides is 1. The molecule has 0 amide bonds. The van der Waals surface area contributed by atoms with E-state index >= 15 is 0 Å². The van der Waals surface area contributed by atoms with E-state index in [1.54, 1.807) is 0 Å². The highest BCUT2D eigenvalue weighted by molar-refractivity contribution is 7.88. The normalized spacial score (nSPS) is 12.4. The molecule has 0 aliphatic carbocycles. The van der Waals surface area contributed by atoms with Gasteiger partial charge in [0, 0.05) is 10.6 Å². The Hall–Kier alpha value is -2.07. The van der Waals surface area contributed by atoms with Gasteiger partial charge in [0.25, 0.3) is 0 Å². The van der Waals surface area contributed by atoms with Gasteiger partial charge in [-0.05, 0) is 29.8 Å². The average molecular weight is 450 g/mol. The second-order valence-corrected chi connectivity index (χ2v) is 8.33. The molecule has 5 nitrogen and oxygen atoms in total. The summed E-state index contributed by atoms with van der Waals surface area (Å²) < 4.78 is 63.4. The van der Waals surface area contributed by atoms with E-state index in [0.717, 1.165) is 4.68 Å². The zero-order valence-corrected chi connectivity index (χ0v) is 16.2. The highest BCUT2D eigenvalue weighted by Gasteiger charge is 2.39. The molecule has 1 heterocycles. The van der Waals surface area contributed by atoms with Gasteiger partial charge >= 0.3 is 6.18 Å². The predicted octanol–water partition coefficient (Wildman–Crippen LogP) is 4.65. The van der Waals surface area contributed by atoms with E-state index in [1.807, 2.05) is 0 Å². The second kappa shape index (κ2) is 7.40. The minimum atomic E-state index is -4.75. The van der Waals surface area contributed by atoms with Crippen LogP contribution in [0.4, 0.5) is 13.2 Å². The van der Waals surface area contributed by atoms with Crippen LogP contribution in [0.3, 0.4) is 0 Å². The highest BCUT2D eigenvalue weighted by Crippen LogP contribution is 2.40. The van der Waals surface area contributed by atoms with E-state index in [2.05, 4.69) is 5.10 Å². The van der Waals surface area contributed by atoms with Gasteiger partial charge in [-0.1, -0.05) is 47.5 Å². The second-order valence-electron chi connectivity index (χ2n) is 5.90. The van der Waals surface area contributed by atoms with Crippen molar-refractivity contribution in [2.45, 2.75) is 11.9 Å². The summed E-state index contributed by atoms with van der Waals surface area (Å²) in [5, 5.41) is 8.50. The number of alkyl halides is 3. The molecule has 28 heavy (non-hydrogen) atoms. The molecular weight excluding hydrogens is 438 g/mol. The van der Waals surface area contributed by atoms with Gasteiger partial charge in [0.15, 0.2) is 5.69 Å². The molecule has 0 saturated heterocycles. The first-order valence-corrected chi connectivity index (χ1v) is 10.1. The maximum atomic E-state index is 13.3. The van der Waals surface area contributed by atoms with Gasteiger partial charge in [0.05, 0.1) is 22.2 Å². The quantitative estimate of drug-likeness (QED) is 0.629. The summed E-state index contributed by atoms with van der Waals surface area (Å²) in [6, 6.07) is 11.8. The number of halogens is 5. The van der Waals surface area contributed by atoms with Gasteiger partial charge in [-0.25, -0.2) is 18.2 Å². The molecule has 3 rings (SSSR count). The van der Waals surface area contributed by atoms with Crippen molar-refractivity contribution in [3.63, 3.8) is 0 Å². The van der Waals surface area contributed by atoms with Gasteiger partial charge in [-0.2, -0.15) is 18.3 Å². The van der Waals surface area contributed by atoms with E-state index in [1.165, 1.54) is 48.5 Å². The first-order chi connectivity index (χ1) is 13.0. The molecule has 0 aliphatic heterocycles. The van der Waals surface area contributed by atoms with Crippen molar-refractivity contribution in [1.29, 1.82) is 0 Å². The average Bonchev–Trinajstić information content (AvgIpc) is 2.92. The summed E-state index contributed by atoms with van der Waals surface area (Å²) in [6.07, 6.45) is -4.75. The van der Waals surface area contributed by atoms with Crippen molar-refractivity contribution < 1.29 is 21.6 Å². The lowest BCUT2D eigenvalue weighted by Gasteiger charge is -2.09. The summed E-state index contributed by atoms with van der Waals surface area (Å²) >= 11 is 11.9. The van der Waals surface area contributed by atoms with Crippen LogP contribution in [0.15, 0.2) is 48.5 Å². The van der Waals surface area contributed by atoms with E-state index < -0.39 is 32.7 Å². The van der Waals surface area contributed by atoms with Crippen LogP contribution in [0.25, 0.3) is 16.9 Å². The van der Waals surface area contributed by atoms with Gasteiger partial charge in [0.2, 0.25) is 10.0 Å². The Morgan fingerprint density at radius 3 is 2.07 bits per heavy atom. The van der Waals surface area contributed by atoms with Crippen molar-refractivity contribution in [3.8, 4) is 16.9 Å². The van der Waals surface area contributed by atoms with E-state index in [4.69, 9.17) is 28.3 Å².